The molecule has 2 aliphatic heterocycles. The smallest absolute Gasteiger partial charge is 0.220 e. The zero-order valence-electron chi connectivity index (χ0n) is 14.7. The number of amides is 1. The number of hydrogen-bond acceptors (Lipinski definition) is 3. The predicted molar refractivity (Wildman–Crippen MR) is 98.5 cm³/mol. The average Bonchev–Trinajstić information content (AvgIpc) is 3.27. The largest absolute Gasteiger partial charge is 0.372 e. The summed E-state index contributed by atoms with van der Waals surface area (Å²) in [6.45, 7) is 4.46. The summed E-state index contributed by atoms with van der Waals surface area (Å²) < 4.78 is 6.13. The summed E-state index contributed by atoms with van der Waals surface area (Å²) in [5, 5.41) is 3.94. The zero-order chi connectivity index (χ0) is 17.3. The van der Waals surface area contributed by atoms with Crippen molar-refractivity contribution in [3.63, 3.8) is 0 Å². The molecule has 1 unspecified atom stereocenters. The van der Waals surface area contributed by atoms with E-state index >= 15 is 0 Å². The van der Waals surface area contributed by atoms with E-state index in [0.717, 1.165) is 57.1 Å². The van der Waals surface area contributed by atoms with Gasteiger partial charge in [-0.25, -0.2) is 0 Å². The molecule has 5 heteroatoms. The molecule has 4 rings (SSSR count). The van der Waals surface area contributed by atoms with E-state index in [1.807, 2.05) is 18.2 Å². The third-order valence-corrected chi connectivity index (χ3v) is 6.29. The van der Waals surface area contributed by atoms with Crippen LogP contribution in [0.4, 0.5) is 0 Å². The van der Waals surface area contributed by atoms with E-state index in [-0.39, 0.29) is 11.5 Å². The molecular weight excluding hydrogens is 336 g/mol. The van der Waals surface area contributed by atoms with E-state index < -0.39 is 0 Å². The van der Waals surface area contributed by atoms with Crippen LogP contribution in [0.15, 0.2) is 24.3 Å². The minimum absolute atomic E-state index is 0.00246. The molecule has 1 saturated carbocycles. The van der Waals surface area contributed by atoms with Gasteiger partial charge in [-0.1, -0.05) is 29.8 Å². The Morgan fingerprint density at radius 1 is 1.28 bits per heavy atom. The van der Waals surface area contributed by atoms with E-state index in [1.165, 1.54) is 18.4 Å². The molecule has 1 spiro atoms. The van der Waals surface area contributed by atoms with Crippen molar-refractivity contribution in [3.8, 4) is 0 Å². The summed E-state index contributed by atoms with van der Waals surface area (Å²) >= 11 is 6.27. The Kier molecular flexibility index (Phi) is 5.03. The Morgan fingerprint density at radius 2 is 2.08 bits per heavy atom. The van der Waals surface area contributed by atoms with Gasteiger partial charge in [0.15, 0.2) is 0 Å². The van der Waals surface area contributed by atoms with Gasteiger partial charge < -0.3 is 10.1 Å². The van der Waals surface area contributed by atoms with Crippen molar-refractivity contribution in [3.05, 3.63) is 34.9 Å². The van der Waals surface area contributed by atoms with Crippen molar-refractivity contribution in [1.29, 1.82) is 0 Å². The molecule has 2 heterocycles. The van der Waals surface area contributed by atoms with Gasteiger partial charge in [0, 0.05) is 44.2 Å². The fraction of sp³-hybridized carbons (Fsp3) is 0.650. The second kappa shape index (κ2) is 7.26. The molecule has 1 N–H and O–H groups in total. The molecule has 4 nitrogen and oxygen atoms in total. The molecule has 1 atom stereocenters. The van der Waals surface area contributed by atoms with E-state index in [2.05, 4.69) is 16.3 Å². The summed E-state index contributed by atoms with van der Waals surface area (Å²) in [6, 6.07) is 8.05. The first-order valence-corrected chi connectivity index (χ1v) is 9.89. The van der Waals surface area contributed by atoms with Gasteiger partial charge in [-0.2, -0.15) is 0 Å². The molecule has 25 heavy (non-hydrogen) atoms. The molecule has 0 bridgehead atoms. The van der Waals surface area contributed by atoms with E-state index in [1.54, 1.807) is 0 Å². The van der Waals surface area contributed by atoms with Crippen molar-refractivity contribution < 1.29 is 9.53 Å². The highest BCUT2D eigenvalue weighted by Gasteiger charge is 2.52. The minimum Gasteiger partial charge on any atom is -0.372 e. The van der Waals surface area contributed by atoms with E-state index in [9.17, 15) is 4.79 Å². The second-order valence-electron chi connectivity index (χ2n) is 7.92. The highest BCUT2D eigenvalue weighted by molar-refractivity contribution is 6.31. The molecular formula is C20H27ClN2O2. The quantitative estimate of drug-likeness (QED) is 0.809. The molecule has 3 fully saturated rings. The monoisotopic (exact) mass is 362 g/mol. The normalized spacial score (nSPS) is 25.1. The second-order valence-corrected chi connectivity index (χ2v) is 8.33. The standard InChI is InChI=1S/C20H27ClN2O2/c21-18-4-2-1-3-16(18)12-23-13-20(14-23)17(8-10-25-20)7-9-22-19(24)11-15-5-6-15/h1-4,15,17H,5-14H2,(H,22,24). The number of benzene rings is 1. The number of nitrogens with one attached hydrogen (secondary N) is 1. The molecule has 3 aliphatic rings. The summed E-state index contributed by atoms with van der Waals surface area (Å²) in [6.07, 6.45) is 5.31. The maximum absolute atomic E-state index is 11.8. The van der Waals surface area contributed by atoms with Crippen LogP contribution in [-0.4, -0.2) is 42.6 Å². The molecule has 1 aromatic carbocycles. The number of rotatable bonds is 7. The van der Waals surface area contributed by atoms with Gasteiger partial charge in [-0.3, -0.25) is 9.69 Å². The topological polar surface area (TPSA) is 41.6 Å². The van der Waals surface area contributed by atoms with Crippen LogP contribution >= 0.6 is 11.6 Å². The fourth-order valence-corrected chi connectivity index (χ4v) is 4.47. The van der Waals surface area contributed by atoms with Crippen LogP contribution in [0.25, 0.3) is 0 Å². The van der Waals surface area contributed by atoms with Gasteiger partial charge in [0.2, 0.25) is 5.91 Å². The Balaban J connectivity index is 1.23. The highest BCUT2D eigenvalue weighted by atomic mass is 35.5. The van der Waals surface area contributed by atoms with Crippen LogP contribution in [0, 0.1) is 11.8 Å². The lowest BCUT2D eigenvalue weighted by atomic mass is 9.78. The number of carbonyl (C=O) groups is 1. The maximum Gasteiger partial charge on any atom is 0.220 e. The molecule has 136 valence electrons. The van der Waals surface area contributed by atoms with Gasteiger partial charge in [0.25, 0.3) is 0 Å². The molecule has 1 amide bonds. The Morgan fingerprint density at radius 3 is 2.84 bits per heavy atom. The molecule has 0 radical (unpaired) electrons. The lowest BCUT2D eigenvalue weighted by molar-refractivity contribution is -0.137. The lowest BCUT2D eigenvalue weighted by Crippen LogP contribution is -2.64. The highest BCUT2D eigenvalue weighted by Crippen LogP contribution is 2.42. The van der Waals surface area contributed by atoms with Crippen molar-refractivity contribution in [2.24, 2.45) is 11.8 Å². The predicted octanol–water partition coefficient (Wildman–Crippen LogP) is 3.24. The molecule has 1 aromatic rings. The van der Waals surface area contributed by atoms with E-state index in [0.29, 0.717) is 11.8 Å². The van der Waals surface area contributed by atoms with Crippen molar-refractivity contribution in [2.45, 2.75) is 44.2 Å². The fourth-order valence-electron chi connectivity index (χ4n) is 4.27. The Hall–Kier alpha value is -1.10. The Bertz CT molecular complexity index is 626. The van der Waals surface area contributed by atoms with Gasteiger partial charge in [0.1, 0.15) is 0 Å². The molecule has 1 aliphatic carbocycles. The number of nitrogens with zero attached hydrogens (tertiary/aromatic N) is 1. The first kappa shape index (κ1) is 17.3. The van der Waals surface area contributed by atoms with Crippen LogP contribution < -0.4 is 5.32 Å². The number of ether oxygens (including phenoxy) is 1. The minimum atomic E-state index is 0.00246. The zero-order valence-corrected chi connectivity index (χ0v) is 15.4. The first-order chi connectivity index (χ1) is 12.1. The van der Waals surface area contributed by atoms with Gasteiger partial charge in [-0.15, -0.1) is 0 Å². The Labute approximate surface area is 154 Å². The number of likely N-dealkylation sites (tertiary alicyclic amines) is 1. The van der Waals surface area contributed by atoms with Crippen LogP contribution in [-0.2, 0) is 16.1 Å². The van der Waals surface area contributed by atoms with Crippen molar-refractivity contribution >= 4 is 17.5 Å². The van der Waals surface area contributed by atoms with Crippen molar-refractivity contribution in [2.75, 3.05) is 26.2 Å². The van der Waals surface area contributed by atoms with Crippen LogP contribution in [0.3, 0.4) is 0 Å². The third-order valence-electron chi connectivity index (χ3n) is 5.92. The molecule has 0 aromatic heterocycles. The summed E-state index contributed by atoms with van der Waals surface area (Å²) in [4.78, 5) is 14.2. The summed E-state index contributed by atoms with van der Waals surface area (Å²) in [5.41, 5.74) is 1.18. The summed E-state index contributed by atoms with van der Waals surface area (Å²) in [7, 11) is 0. The van der Waals surface area contributed by atoms with Gasteiger partial charge >= 0.3 is 0 Å². The molecule has 2 saturated heterocycles. The third kappa shape index (κ3) is 4.02. The van der Waals surface area contributed by atoms with Crippen LogP contribution in [0.1, 0.15) is 37.7 Å². The van der Waals surface area contributed by atoms with Gasteiger partial charge in [0.05, 0.1) is 5.60 Å². The maximum atomic E-state index is 11.8. The van der Waals surface area contributed by atoms with E-state index in [4.69, 9.17) is 16.3 Å². The lowest BCUT2D eigenvalue weighted by Gasteiger charge is -2.50. The summed E-state index contributed by atoms with van der Waals surface area (Å²) in [5.74, 6) is 1.44. The number of hydrogen-bond donors (Lipinski definition) is 1. The van der Waals surface area contributed by atoms with Crippen molar-refractivity contribution in [1.82, 2.24) is 10.2 Å². The van der Waals surface area contributed by atoms with Gasteiger partial charge in [-0.05, 0) is 49.1 Å². The SMILES string of the molecule is O=C(CC1CC1)NCCC1CCOC12CN(Cc1ccccc1Cl)C2. The number of carbonyl (C=O) groups excluding carboxylic acids is 1. The average molecular weight is 363 g/mol. The first-order valence-electron chi connectivity index (χ1n) is 9.51. The number of halogens is 1. The van der Waals surface area contributed by atoms with Crippen LogP contribution in [0.5, 0.6) is 0 Å². The van der Waals surface area contributed by atoms with Crippen LogP contribution in [0.2, 0.25) is 5.02 Å².